The van der Waals surface area contributed by atoms with E-state index in [9.17, 15) is 9.59 Å². The molecule has 1 aliphatic carbocycles. The average Bonchev–Trinajstić information content (AvgIpc) is 3.32. The number of hydrogen-bond acceptors (Lipinski definition) is 4. The molecule has 0 saturated carbocycles. The molecule has 30 heavy (non-hydrogen) atoms. The van der Waals surface area contributed by atoms with E-state index in [4.69, 9.17) is 0 Å². The number of rotatable bonds is 7. The number of nitrogens with zero attached hydrogens (tertiary/aromatic N) is 3. The zero-order valence-electron chi connectivity index (χ0n) is 17.2. The summed E-state index contributed by atoms with van der Waals surface area (Å²) < 4.78 is 1.68. The minimum absolute atomic E-state index is 0.0309. The lowest BCUT2D eigenvalue weighted by Crippen LogP contribution is -2.27. The van der Waals surface area contributed by atoms with Crippen LogP contribution in [0.2, 0.25) is 0 Å². The summed E-state index contributed by atoms with van der Waals surface area (Å²) in [5, 5.41) is 7.08. The third kappa shape index (κ3) is 4.64. The summed E-state index contributed by atoms with van der Waals surface area (Å²) in [6.45, 7) is 1.94. The molecular weight excluding hydrogens is 376 g/mol. The first-order chi connectivity index (χ1) is 14.6. The first-order valence-electron chi connectivity index (χ1n) is 10.5. The molecule has 6 heteroatoms. The molecule has 0 aliphatic heterocycles. The van der Waals surface area contributed by atoms with E-state index in [2.05, 4.69) is 21.5 Å². The summed E-state index contributed by atoms with van der Waals surface area (Å²) in [7, 11) is 0. The van der Waals surface area contributed by atoms with E-state index in [1.165, 1.54) is 30.3 Å². The molecule has 0 radical (unpaired) electrons. The van der Waals surface area contributed by atoms with Gasteiger partial charge in [-0.3, -0.25) is 9.59 Å². The highest BCUT2D eigenvalue weighted by molar-refractivity contribution is 5.98. The Hall–Kier alpha value is -3.28. The Labute approximate surface area is 176 Å². The summed E-state index contributed by atoms with van der Waals surface area (Å²) in [5.74, 6) is -0.0856. The molecule has 0 bridgehead atoms. The summed E-state index contributed by atoms with van der Waals surface area (Å²) >= 11 is 0. The highest BCUT2D eigenvalue weighted by atomic mass is 16.2. The lowest BCUT2D eigenvalue weighted by atomic mass is 9.89. The Morgan fingerprint density at radius 3 is 2.53 bits per heavy atom. The van der Waals surface area contributed by atoms with Gasteiger partial charge < -0.3 is 5.32 Å². The van der Waals surface area contributed by atoms with Gasteiger partial charge in [0.1, 0.15) is 12.7 Å². The highest BCUT2D eigenvalue weighted by Crippen LogP contribution is 2.23. The smallest absolute Gasteiger partial charge is 0.220 e. The van der Waals surface area contributed by atoms with Crippen LogP contribution < -0.4 is 5.32 Å². The third-order valence-electron chi connectivity index (χ3n) is 5.70. The fourth-order valence-corrected chi connectivity index (χ4v) is 3.93. The zero-order valence-corrected chi connectivity index (χ0v) is 17.2. The van der Waals surface area contributed by atoms with Crippen molar-refractivity contribution < 1.29 is 9.59 Å². The first kappa shape index (κ1) is 20.0. The van der Waals surface area contributed by atoms with Crippen LogP contribution in [0.25, 0.3) is 5.69 Å². The highest BCUT2D eigenvalue weighted by Gasteiger charge is 2.15. The van der Waals surface area contributed by atoms with Crippen molar-refractivity contribution in [3.05, 3.63) is 77.4 Å². The molecule has 1 aliphatic rings. The van der Waals surface area contributed by atoms with Crippen molar-refractivity contribution in [2.75, 3.05) is 0 Å². The van der Waals surface area contributed by atoms with Gasteiger partial charge in [0.15, 0.2) is 5.78 Å². The molecule has 1 atom stereocenters. The van der Waals surface area contributed by atoms with Gasteiger partial charge >= 0.3 is 0 Å². The molecular formula is C24H26N4O2. The number of Topliss-reactive ketones (excluding diaryl/α,β-unsaturated/α-hetero) is 1. The number of aromatic nitrogens is 3. The van der Waals surface area contributed by atoms with Crippen LogP contribution in [0.3, 0.4) is 0 Å². The van der Waals surface area contributed by atoms with E-state index in [-0.39, 0.29) is 30.6 Å². The zero-order chi connectivity index (χ0) is 20.9. The second-order valence-corrected chi connectivity index (χ2v) is 7.83. The number of ketones is 1. The van der Waals surface area contributed by atoms with Crippen molar-refractivity contribution in [2.45, 2.75) is 51.5 Å². The van der Waals surface area contributed by atoms with E-state index in [1.54, 1.807) is 11.0 Å². The summed E-state index contributed by atoms with van der Waals surface area (Å²) in [6, 6.07) is 13.7. The van der Waals surface area contributed by atoms with E-state index in [1.807, 2.05) is 43.3 Å². The van der Waals surface area contributed by atoms with Crippen LogP contribution >= 0.6 is 0 Å². The molecule has 1 aromatic heterocycles. The average molecular weight is 402 g/mol. The fraction of sp³-hybridized carbons (Fsp3) is 0.333. The molecule has 6 nitrogen and oxygen atoms in total. The number of benzene rings is 2. The number of amides is 1. The molecule has 2 aromatic carbocycles. The van der Waals surface area contributed by atoms with Crippen molar-refractivity contribution >= 4 is 11.7 Å². The minimum Gasteiger partial charge on any atom is -0.350 e. The van der Waals surface area contributed by atoms with E-state index in [0.29, 0.717) is 0 Å². The number of fused-ring (bicyclic) bond motifs is 1. The molecule has 1 amide bonds. The Kier molecular flexibility index (Phi) is 6.02. The van der Waals surface area contributed by atoms with E-state index >= 15 is 0 Å². The summed E-state index contributed by atoms with van der Waals surface area (Å²) in [5.41, 5.74) is 5.28. The lowest BCUT2D eigenvalue weighted by Gasteiger charge is -2.16. The van der Waals surface area contributed by atoms with Gasteiger partial charge in [-0.25, -0.2) is 9.67 Å². The fourth-order valence-electron chi connectivity index (χ4n) is 3.93. The SMILES string of the molecule is CC(NC(=O)CCC(=O)c1ccc2c(c1)CCCC2)c1ccc(-n2cncn2)cc1. The molecule has 4 rings (SSSR count). The van der Waals surface area contributed by atoms with Crippen LogP contribution in [0.4, 0.5) is 0 Å². The van der Waals surface area contributed by atoms with Gasteiger partial charge in [0.25, 0.3) is 0 Å². The van der Waals surface area contributed by atoms with Gasteiger partial charge in [0, 0.05) is 18.4 Å². The van der Waals surface area contributed by atoms with Gasteiger partial charge in [-0.15, -0.1) is 0 Å². The maximum Gasteiger partial charge on any atom is 0.220 e. The van der Waals surface area contributed by atoms with Crippen LogP contribution in [0.15, 0.2) is 55.1 Å². The second kappa shape index (κ2) is 9.03. The molecule has 1 N–H and O–H groups in total. The number of hydrogen-bond donors (Lipinski definition) is 1. The molecule has 1 heterocycles. The van der Waals surface area contributed by atoms with Crippen LogP contribution in [-0.2, 0) is 17.6 Å². The minimum atomic E-state index is -0.138. The first-order valence-corrected chi connectivity index (χ1v) is 10.5. The summed E-state index contributed by atoms with van der Waals surface area (Å²) in [4.78, 5) is 28.9. The number of nitrogens with one attached hydrogen (secondary N) is 1. The Balaban J connectivity index is 1.29. The van der Waals surface area contributed by atoms with Gasteiger partial charge in [-0.2, -0.15) is 5.10 Å². The number of aryl methyl sites for hydroxylation is 2. The van der Waals surface area contributed by atoms with Crippen molar-refractivity contribution in [1.82, 2.24) is 20.1 Å². The molecule has 0 fully saturated rings. The quantitative estimate of drug-likeness (QED) is 0.606. The maximum atomic E-state index is 12.5. The van der Waals surface area contributed by atoms with Gasteiger partial charge in [0.05, 0.1) is 11.7 Å². The third-order valence-corrected chi connectivity index (χ3v) is 5.70. The topological polar surface area (TPSA) is 76.9 Å². The summed E-state index contributed by atoms with van der Waals surface area (Å²) in [6.07, 6.45) is 8.10. The molecule has 0 saturated heterocycles. The van der Waals surface area contributed by atoms with Crippen LogP contribution in [-0.4, -0.2) is 26.5 Å². The van der Waals surface area contributed by atoms with Gasteiger partial charge in [-0.1, -0.05) is 24.3 Å². The molecule has 1 unspecified atom stereocenters. The molecule has 0 spiro atoms. The van der Waals surface area contributed by atoms with E-state index in [0.717, 1.165) is 29.7 Å². The number of carbonyl (C=O) groups excluding carboxylic acids is 2. The van der Waals surface area contributed by atoms with Crippen molar-refractivity contribution in [3.63, 3.8) is 0 Å². The molecule has 154 valence electrons. The van der Waals surface area contributed by atoms with Crippen LogP contribution in [0.5, 0.6) is 0 Å². The predicted octanol–water partition coefficient (Wildman–Crippen LogP) is 3.99. The Bertz CT molecular complexity index is 1030. The monoisotopic (exact) mass is 402 g/mol. The standard InChI is InChI=1S/C24H26N4O2/c1-17(18-8-10-22(11-9-18)28-16-25-15-26-28)27-24(30)13-12-23(29)21-7-6-19-4-2-3-5-20(19)14-21/h6-11,14-17H,2-5,12-13H2,1H3,(H,27,30). The largest absolute Gasteiger partial charge is 0.350 e. The van der Waals surface area contributed by atoms with Crippen molar-refractivity contribution in [1.29, 1.82) is 0 Å². The number of carbonyl (C=O) groups is 2. The normalized spacial score (nSPS) is 14.0. The van der Waals surface area contributed by atoms with Crippen LogP contribution in [0.1, 0.15) is 65.7 Å². The van der Waals surface area contributed by atoms with Gasteiger partial charge in [-0.05, 0) is 67.5 Å². The second-order valence-electron chi connectivity index (χ2n) is 7.83. The predicted molar refractivity (Wildman–Crippen MR) is 115 cm³/mol. The maximum absolute atomic E-state index is 12.5. The van der Waals surface area contributed by atoms with Crippen LogP contribution in [0, 0.1) is 0 Å². The van der Waals surface area contributed by atoms with Crippen molar-refractivity contribution in [2.24, 2.45) is 0 Å². The lowest BCUT2D eigenvalue weighted by molar-refractivity contribution is -0.121. The van der Waals surface area contributed by atoms with Crippen molar-refractivity contribution in [3.8, 4) is 5.69 Å². The molecule has 3 aromatic rings. The Morgan fingerprint density at radius 2 is 1.80 bits per heavy atom. The van der Waals surface area contributed by atoms with Gasteiger partial charge in [0.2, 0.25) is 5.91 Å². The van der Waals surface area contributed by atoms with E-state index < -0.39 is 0 Å². The Morgan fingerprint density at radius 1 is 1.03 bits per heavy atom.